The first kappa shape index (κ1) is 13.1. The van der Waals surface area contributed by atoms with Crippen molar-refractivity contribution >= 4 is 5.97 Å². The van der Waals surface area contributed by atoms with Crippen molar-refractivity contribution in [2.24, 2.45) is 0 Å². The summed E-state index contributed by atoms with van der Waals surface area (Å²) in [5.41, 5.74) is 1.59. The average molecular weight is 249 g/mol. The van der Waals surface area contributed by atoms with Crippen molar-refractivity contribution in [3.8, 4) is 0 Å². The van der Waals surface area contributed by atoms with Crippen LogP contribution in [0.2, 0.25) is 0 Å². The van der Waals surface area contributed by atoms with Gasteiger partial charge in [-0.25, -0.2) is 4.79 Å². The van der Waals surface area contributed by atoms with Crippen LogP contribution >= 0.6 is 0 Å². The highest BCUT2D eigenvalue weighted by atomic mass is 16.5. The monoisotopic (exact) mass is 249 g/mol. The minimum Gasteiger partial charge on any atom is -0.465 e. The summed E-state index contributed by atoms with van der Waals surface area (Å²) in [5.74, 6) is -0.287. The van der Waals surface area contributed by atoms with Gasteiger partial charge in [0.1, 0.15) is 0 Å². The molecule has 0 aliphatic carbocycles. The SMILES string of the molecule is COC(=O)c1ccccc1CNCC1CCCO1. The Morgan fingerprint density at radius 2 is 2.33 bits per heavy atom. The van der Waals surface area contributed by atoms with Crippen LogP contribution in [-0.2, 0) is 16.0 Å². The van der Waals surface area contributed by atoms with Crippen LogP contribution in [0, 0.1) is 0 Å². The Bertz CT molecular complexity index is 400. The third-order valence-electron chi connectivity index (χ3n) is 3.13. The van der Waals surface area contributed by atoms with Crippen molar-refractivity contribution in [3.63, 3.8) is 0 Å². The second kappa shape index (κ2) is 6.52. The lowest BCUT2D eigenvalue weighted by Gasteiger charge is -2.12. The van der Waals surface area contributed by atoms with Gasteiger partial charge in [0.15, 0.2) is 0 Å². The molecule has 0 aromatic heterocycles. The van der Waals surface area contributed by atoms with Crippen LogP contribution in [0.5, 0.6) is 0 Å². The summed E-state index contributed by atoms with van der Waals surface area (Å²) >= 11 is 0. The Labute approximate surface area is 107 Å². The van der Waals surface area contributed by atoms with E-state index in [1.807, 2.05) is 18.2 Å². The maximum Gasteiger partial charge on any atom is 0.338 e. The van der Waals surface area contributed by atoms with E-state index in [-0.39, 0.29) is 5.97 Å². The van der Waals surface area contributed by atoms with Crippen LogP contribution in [0.4, 0.5) is 0 Å². The Hall–Kier alpha value is -1.39. The number of hydrogen-bond donors (Lipinski definition) is 1. The van der Waals surface area contributed by atoms with Crippen LogP contribution < -0.4 is 5.32 Å². The average Bonchev–Trinajstić information content (AvgIpc) is 2.92. The van der Waals surface area contributed by atoms with Gasteiger partial charge < -0.3 is 14.8 Å². The first-order valence-corrected chi connectivity index (χ1v) is 6.30. The summed E-state index contributed by atoms with van der Waals surface area (Å²) in [7, 11) is 1.40. The molecule has 1 atom stereocenters. The van der Waals surface area contributed by atoms with E-state index in [1.54, 1.807) is 6.07 Å². The summed E-state index contributed by atoms with van der Waals surface area (Å²) in [6.45, 7) is 2.35. The fraction of sp³-hybridized carbons (Fsp3) is 0.500. The predicted molar refractivity (Wildman–Crippen MR) is 68.5 cm³/mol. The molecule has 0 radical (unpaired) electrons. The van der Waals surface area contributed by atoms with Crippen molar-refractivity contribution in [2.45, 2.75) is 25.5 Å². The van der Waals surface area contributed by atoms with Crippen LogP contribution in [0.3, 0.4) is 0 Å². The second-order valence-corrected chi connectivity index (χ2v) is 4.41. The fourth-order valence-corrected chi connectivity index (χ4v) is 2.16. The highest BCUT2D eigenvalue weighted by molar-refractivity contribution is 5.90. The third kappa shape index (κ3) is 3.31. The largest absolute Gasteiger partial charge is 0.465 e. The molecule has 0 bridgehead atoms. The van der Waals surface area contributed by atoms with Gasteiger partial charge in [-0.15, -0.1) is 0 Å². The van der Waals surface area contributed by atoms with E-state index in [0.29, 0.717) is 18.2 Å². The van der Waals surface area contributed by atoms with Crippen LogP contribution in [-0.4, -0.2) is 32.3 Å². The van der Waals surface area contributed by atoms with E-state index in [2.05, 4.69) is 5.32 Å². The predicted octanol–water partition coefficient (Wildman–Crippen LogP) is 1.74. The molecule has 2 rings (SSSR count). The van der Waals surface area contributed by atoms with Gasteiger partial charge in [0.05, 0.1) is 18.8 Å². The lowest BCUT2D eigenvalue weighted by atomic mass is 10.1. The van der Waals surface area contributed by atoms with Crippen molar-refractivity contribution < 1.29 is 14.3 Å². The molecule has 0 amide bonds. The molecule has 4 nitrogen and oxygen atoms in total. The molecule has 1 aliphatic heterocycles. The van der Waals surface area contributed by atoms with Gasteiger partial charge in [-0.2, -0.15) is 0 Å². The summed E-state index contributed by atoms with van der Waals surface area (Å²) in [6, 6.07) is 7.50. The molecule has 1 aliphatic rings. The second-order valence-electron chi connectivity index (χ2n) is 4.41. The molecule has 1 fully saturated rings. The molecule has 18 heavy (non-hydrogen) atoms. The number of rotatable bonds is 5. The zero-order valence-corrected chi connectivity index (χ0v) is 10.6. The molecule has 1 N–H and O–H groups in total. The maximum absolute atomic E-state index is 11.6. The standard InChI is InChI=1S/C14H19NO3/c1-17-14(16)13-7-3-2-5-11(13)9-15-10-12-6-4-8-18-12/h2-3,5,7,12,15H,4,6,8-10H2,1H3. The number of ether oxygens (including phenoxy) is 2. The van der Waals surface area contributed by atoms with Crippen molar-refractivity contribution in [1.29, 1.82) is 0 Å². The lowest BCUT2D eigenvalue weighted by molar-refractivity contribution is 0.0599. The molecule has 4 heteroatoms. The zero-order chi connectivity index (χ0) is 12.8. The van der Waals surface area contributed by atoms with Gasteiger partial charge in [0.25, 0.3) is 0 Å². The zero-order valence-electron chi connectivity index (χ0n) is 10.6. The number of benzene rings is 1. The molecule has 0 saturated carbocycles. The van der Waals surface area contributed by atoms with Crippen molar-refractivity contribution in [1.82, 2.24) is 5.32 Å². The molecular weight excluding hydrogens is 230 g/mol. The van der Waals surface area contributed by atoms with E-state index >= 15 is 0 Å². The quantitative estimate of drug-likeness (QED) is 0.807. The molecular formula is C14H19NO3. The van der Waals surface area contributed by atoms with Gasteiger partial charge >= 0.3 is 5.97 Å². The highest BCUT2D eigenvalue weighted by Gasteiger charge is 2.15. The summed E-state index contributed by atoms with van der Waals surface area (Å²) < 4.78 is 10.3. The Kier molecular flexibility index (Phi) is 4.73. The van der Waals surface area contributed by atoms with Crippen molar-refractivity contribution in [2.75, 3.05) is 20.3 Å². The number of esters is 1. The normalized spacial score (nSPS) is 18.8. The molecule has 1 unspecified atom stereocenters. The summed E-state index contributed by atoms with van der Waals surface area (Å²) in [4.78, 5) is 11.6. The lowest BCUT2D eigenvalue weighted by Crippen LogP contribution is -2.26. The van der Waals surface area contributed by atoms with Crippen LogP contribution in [0.1, 0.15) is 28.8 Å². The van der Waals surface area contributed by atoms with Gasteiger partial charge in [0.2, 0.25) is 0 Å². The van der Waals surface area contributed by atoms with Gasteiger partial charge in [-0.05, 0) is 24.5 Å². The number of nitrogens with one attached hydrogen (secondary N) is 1. The minimum absolute atomic E-state index is 0.287. The minimum atomic E-state index is -0.287. The molecule has 1 aromatic carbocycles. The molecule has 1 heterocycles. The topological polar surface area (TPSA) is 47.6 Å². The summed E-state index contributed by atoms with van der Waals surface area (Å²) in [5, 5.41) is 3.33. The van der Waals surface area contributed by atoms with E-state index in [1.165, 1.54) is 7.11 Å². The van der Waals surface area contributed by atoms with Gasteiger partial charge in [-0.3, -0.25) is 0 Å². The fourth-order valence-electron chi connectivity index (χ4n) is 2.16. The number of hydrogen-bond acceptors (Lipinski definition) is 4. The number of methoxy groups -OCH3 is 1. The molecule has 1 aromatic rings. The molecule has 98 valence electrons. The maximum atomic E-state index is 11.6. The molecule has 1 saturated heterocycles. The first-order chi connectivity index (χ1) is 8.81. The highest BCUT2D eigenvalue weighted by Crippen LogP contribution is 2.12. The van der Waals surface area contributed by atoms with Crippen molar-refractivity contribution in [3.05, 3.63) is 35.4 Å². The number of carbonyl (C=O) groups excluding carboxylic acids is 1. The van der Waals surface area contributed by atoms with E-state index in [0.717, 1.165) is 31.6 Å². The Morgan fingerprint density at radius 3 is 3.06 bits per heavy atom. The Morgan fingerprint density at radius 1 is 1.50 bits per heavy atom. The number of carbonyl (C=O) groups is 1. The first-order valence-electron chi connectivity index (χ1n) is 6.30. The van der Waals surface area contributed by atoms with Gasteiger partial charge in [0, 0.05) is 19.7 Å². The summed E-state index contributed by atoms with van der Waals surface area (Å²) in [6.07, 6.45) is 2.58. The third-order valence-corrected chi connectivity index (χ3v) is 3.13. The Balaban J connectivity index is 1.89. The van der Waals surface area contributed by atoms with E-state index in [9.17, 15) is 4.79 Å². The van der Waals surface area contributed by atoms with Crippen LogP contribution in [0.15, 0.2) is 24.3 Å². The van der Waals surface area contributed by atoms with E-state index in [4.69, 9.17) is 9.47 Å². The smallest absolute Gasteiger partial charge is 0.338 e. The van der Waals surface area contributed by atoms with E-state index < -0.39 is 0 Å². The van der Waals surface area contributed by atoms with Crippen LogP contribution in [0.25, 0.3) is 0 Å². The van der Waals surface area contributed by atoms with Gasteiger partial charge in [-0.1, -0.05) is 18.2 Å². The molecule has 0 spiro atoms.